The quantitative estimate of drug-likeness (QED) is 0.764. The number of aliphatic carboxylic acids is 1. The Balaban J connectivity index is 1.94. The second-order valence-electron chi connectivity index (χ2n) is 4.55. The van der Waals surface area contributed by atoms with Crippen LogP contribution >= 0.6 is 0 Å². The maximum absolute atomic E-state index is 12.0. The molecule has 15 heavy (non-hydrogen) atoms. The van der Waals surface area contributed by atoms with Crippen LogP contribution in [0.2, 0.25) is 0 Å². The van der Waals surface area contributed by atoms with Crippen molar-refractivity contribution in [3.05, 3.63) is 0 Å². The van der Waals surface area contributed by atoms with Gasteiger partial charge in [-0.05, 0) is 25.7 Å². The highest BCUT2D eigenvalue weighted by Crippen LogP contribution is 2.31. The standard InChI is InChI=1S/C11H17NO3/c13-10(14)7-9-5-2-6-12(9)11(15)8-3-1-4-8/h8-9H,1-7H2,(H,13,14). The van der Waals surface area contributed by atoms with Crippen molar-refractivity contribution in [1.82, 2.24) is 4.90 Å². The second kappa shape index (κ2) is 4.21. The number of likely N-dealkylation sites (tertiary alicyclic amines) is 1. The molecule has 0 aromatic rings. The first-order valence-corrected chi connectivity index (χ1v) is 5.71. The predicted molar refractivity (Wildman–Crippen MR) is 54.3 cm³/mol. The Kier molecular flexibility index (Phi) is 2.93. The minimum absolute atomic E-state index is 0.0457. The fourth-order valence-electron chi connectivity index (χ4n) is 2.43. The van der Waals surface area contributed by atoms with Gasteiger partial charge in [-0.2, -0.15) is 0 Å². The Hall–Kier alpha value is -1.06. The molecule has 1 aliphatic heterocycles. The zero-order chi connectivity index (χ0) is 10.8. The maximum atomic E-state index is 12.0. The summed E-state index contributed by atoms with van der Waals surface area (Å²) in [6, 6.07) is -0.0457. The topological polar surface area (TPSA) is 57.6 Å². The molecule has 2 fully saturated rings. The summed E-state index contributed by atoms with van der Waals surface area (Å²) in [7, 11) is 0. The Morgan fingerprint density at radius 2 is 1.93 bits per heavy atom. The third-order valence-electron chi connectivity index (χ3n) is 3.52. The Morgan fingerprint density at radius 3 is 2.47 bits per heavy atom. The van der Waals surface area contributed by atoms with Crippen molar-refractivity contribution in [2.24, 2.45) is 5.92 Å². The van der Waals surface area contributed by atoms with Crippen LogP contribution in [0, 0.1) is 5.92 Å². The minimum Gasteiger partial charge on any atom is -0.481 e. The van der Waals surface area contributed by atoms with E-state index in [0.717, 1.165) is 38.6 Å². The molecule has 0 aromatic heterocycles. The van der Waals surface area contributed by atoms with E-state index < -0.39 is 5.97 Å². The van der Waals surface area contributed by atoms with E-state index in [2.05, 4.69) is 0 Å². The predicted octanol–water partition coefficient (Wildman–Crippen LogP) is 1.25. The van der Waals surface area contributed by atoms with E-state index in [1.54, 1.807) is 4.90 Å². The van der Waals surface area contributed by atoms with E-state index in [1.165, 1.54) is 0 Å². The molecule has 0 bridgehead atoms. The van der Waals surface area contributed by atoms with Crippen molar-refractivity contribution < 1.29 is 14.7 Å². The minimum atomic E-state index is -0.798. The first-order chi connectivity index (χ1) is 7.18. The largest absolute Gasteiger partial charge is 0.481 e. The van der Waals surface area contributed by atoms with Crippen LogP contribution in [0.3, 0.4) is 0 Å². The van der Waals surface area contributed by atoms with Crippen LogP contribution in [0.5, 0.6) is 0 Å². The summed E-state index contributed by atoms with van der Waals surface area (Å²) in [5.41, 5.74) is 0. The van der Waals surface area contributed by atoms with Gasteiger partial charge in [-0.1, -0.05) is 6.42 Å². The summed E-state index contributed by atoms with van der Waals surface area (Å²) in [4.78, 5) is 24.4. The van der Waals surface area contributed by atoms with Gasteiger partial charge in [0.05, 0.1) is 6.42 Å². The molecule has 0 radical (unpaired) electrons. The zero-order valence-corrected chi connectivity index (χ0v) is 8.82. The highest BCUT2D eigenvalue weighted by molar-refractivity contribution is 5.81. The number of hydrogen-bond acceptors (Lipinski definition) is 2. The van der Waals surface area contributed by atoms with Gasteiger partial charge in [0, 0.05) is 18.5 Å². The van der Waals surface area contributed by atoms with Crippen molar-refractivity contribution in [3.63, 3.8) is 0 Å². The SMILES string of the molecule is O=C(O)CC1CCCN1C(=O)C1CCC1. The Morgan fingerprint density at radius 1 is 1.20 bits per heavy atom. The molecule has 0 aromatic carbocycles. The first-order valence-electron chi connectivity index (χ1n) is 5.71. The first kappa shape index (κ1) is 10.5. The normalized spacial score (nSPS) is 26.4. The van der Waals surface area contributed by atoms with E-state index in [-0.39, 0.29) is 24.3 Å². The van der Waals surface area contributed by atoms with Gasteiger partial charge in [0.15, 0.2) is 0 Å². The maximum Gasteiger partial charge on any atom is 0.305 e. The number of carboxylic acid groups (broad SMARTS) is 1. The van der Waals surface area contributed by atoms with Gasteiger partial charge in [-0.3, -0.25) is 9.59 Å². The third-order valence-corrected chi connectivity index (χ3v) is 3.52. The summed E-state index contributed by atoms with van der Waals surface area (Å²) in [6.07, 6.45) is 5.05. The molecular weight excluding hydrogens is 194 g/mol. The number of hydrogen-bond donors (Lipinski definition) is 1. The molecular formula is C11H17NO3. The Labute approximate surface area is 89.3 Å². The van der Waals surface area contributed by atoms with Gasteiger partial charge in [0.1, 0.15) is 0 Å². The Bertz CT molecular complexity index is 273. The van der Waals surface area contributed by atoms with Gasteiger partial charge in [0.2, 0.25) is 5.91 Å². The number of rotatable bonds is 3. The van der Waals surface area contributed by atoms with Gasteiger partial charge in [-0.25, -0.2) is 0 Å². The van der Waals surface area contributed by atoms with Crippen molar-refractivity contribution in [3.8, 4) is 0 Å². The highest BCUT2D eigenvalue weighted by Gasteiger charge is 2.36. The summed E-state index contributed by atoms with van der Waals surface area (Å²) in [5, 5.41) is 8.75. The highest BCUT2D eigenvalue weighted by atomic mass is 16.4. The van der Waals surface area contributed by atoms with Crippen LogP contribution in [0.1, 0.15) is 38.5 Å². The average Bonchev–Trinajstić information content (AvgIpc) is 2.47. The molecule has 1 saturated carbocycles. The fourth-order valence-corrected chi connectivity index (χ4v) is 2.43. The number of nitrogens with zero attached hydrogens (tertiary/aromatic N) is 1. The van der Waals surface area contributed by atoms with Crippen LogP contribution < -0.4 is 0 Å². The zero-order valence-electron chi connectivity index (χ0n) is 8.82. The lowest BCUT2D eigenvalue weighted by molar-refractivity contribution is -0.142. The van der Waals surface area contributed by atoms with Crippen LogP contribution in [0.4, 0.5) is 0 Å². The van der Waals surface area contributed by atoms with Crippen LogP contribution in [0.15, 0.2) is 0 Å². The average molecular weight is 211 g/mol. The molecule has 0 spiro atoms. The van der Waals surface area contributed by atoms with E-state index in [4.69, 9.17) is 5.11 Å². The molecule has 1 amide bonds. The molecule has 2 rings (SSSR count). The van der Waals surface area contributed by atoms with Crippen molar-refractivity contribution in [1.29, 1.82) is 0 Å². The van der Waals surface area contributed by atoms with E-state index in [1.807, 2.05) is 0 Å². The second-order valence-corrected chi connectivity index (χ2v) is 4.55. The molecule has 4 heteroatoms. The molecule has 4 nitrogen and oxygen atoms in total. The number of carbonyl (C=O) groups is 2. The monoisotopic (exact) mass is 211 g/mol. The van der Waals surface area contributed by atoms with Gasteiger partial charge in [0.25, 0.3) is 0 Å². The van der Waals surface area contributed by atoms with Crippen molar-refractivity contribution in [2.45, 2.75) is 44.6 Å². The molecule has 2 aliphatic rings. The molecule has 1 N–H and O–H groups in total. The summed E-state index contributed by atoms with van der Waals surface area (Å²) < 4.78 is 0. The lowest BCUT2D eigenvalue weighted by Gasteiger charge is -2.32. The smallest absolute Gasteiger partial charge is 0.305 e. The lowest BCUT2D eigenvalue weighted by Crippen LogP contribution is -2.42. The summed E-state index contributed by atoms with van der Waals surface area (Å²) >= 11 is 0. The van der Waals surface area contributed by atoms with Crippen LogP contribution in [-0.4, -0.2) is 34.5 Å². The number of carbonyl (C=O) groups excluding carboxylic acids is 1. The van der Waals surface area contributed by atoms with Crippen LogP contribution in [-0.2, 0) is 9.59 Å². The number of amides is 1. The van der Waals surface area contributed by atoms with E-state index in [0.29, 0.717) is 0 Å². The summed E-state index contributed by atoms with van der Waals surface area (Å²) in [5.74, 6) is -0.405. The number of carboxylic acids is 1. The van der Waals surface area contributed by atoms with Crippen LogP contribution in [0.25, 0.3) is 0 Å². The third kappa shape index (κ3) is 2.13. The fraction of sp³-hybridized carbons (Fsp3) is 0.818. The molecule has 1 aliphatic carbocycles. The molecule has 1 atom stereocenters. The van der Waals surface area contributed by atoms with Crippen molar-refractivity contribution in [2.75, 3.05) is 6.54 Å². The lowest BCUT2D eigenvalue weighted by atomic mass is 9.84. The van der Waals surface area contributed by atoms with Gasteiger partial charge >= 0.3 is 5.97 Å². The molecule has 1 heterocycles. The van der Waals surface area contributed by atoms with Crippen molar-refractivity contribution >= 4 is 11.9 Å². The molecule has 1 unspecified atom stereocenters. The van der Waals surface area contributed by atoms with E-state index in [9.17, 15) is 9.59 Å². The summed E-state index contributed by atoms with van der Waals surface area (Å²) in [6.45, 7) is 0.757. The van der Waals surface area contributed by atoms with E-state index >= 15 is 0 Å². The molecule has 1 saturated heterocycles. The van der Waals surface area contributed by atoms with Gasteiger partial charge < -0.3 is 10.0 Å². The molecule has 84 valence electrons. The van der Waals surface area contributed by atoms with Gasteiger partial charge in [-0.15, -0.1) is 0 Å².